The van der Waals surface area contributed by atoms with Gasteiger partial charge in [0.05, 0.1) is 11.5 Å². The largest absolute Gasteiger partial charge is 0.352 e. The van der Waals surface area contributed by atoms with Crippen molar-refractivity contribution in [3.63, 3.8) is 0 Å². The van der Waals surface area contributed by atoms with E-state index in [-0.39, 0.29) is 29.4 Å². The van der Waals surface area contributed by atoms with Crippen LogP contribution in [-0.4, -0.2) is 56.9 Å². The molecule has 2 aliphatic rings. The third-order valence-electron chi connectivity index (χ3n) is 3.56. The van der Waals surface area contributed by atoms with Crippen LogP contribution in [0.3, 0.4) is 0 Å². The van der Waals surface area contributed by atoms with E-state index in [9.17, 15) is 13.2 Å². The lowest BCUT2D eigenvalue weighted by atomic mass is 10.0. The van der Waals surface area contributed by atoms with Gasteiger partial charge in [-0.1, -0.05) is 0 Å². The highest BCUT2D eigenvalue weighted by molar-refractivity contribution is 7.91. The van der Waals surface area contributed by atoms with E-state index in [1.807, 2.05) is 7.05 Å². The predicted molar refractivity (Wildman–Crippen MR) is 65.4 cm³/mol. The average molecular weight is 260 g/mol. The number of sulfone groups is 1. The van der Waals surface area contributed by atoms with Gasteiger partial charge in [-0.3, -0.25) is 4.79 Å². The highest BCUT2D eigenvalue weighted by atomic mass is 32.2. The molecule has 1 amide bonds. The SMILES string of the molecule is CN1CCC(NC(=O)CC2CCS(=O)(=O)C2)C1. The first kappa shape index (κ1) is 12.8. The molecule has 2 atom stereocenters. The van der Waals surface area contributed by atoms with Crippen molar-refractivity contribution in [2.75, 3.05) is 31.6 Å². The van der Waals surface area contributed by atoms with Gasteiger partial charge in [0.15, 0.2) is 9.84 Å². The second-order valence-corrected chi connectivity index (χ2v) is 7.52. The van der Waals surface area contributed by atoms with Crippen LogP contribution in [-0.2, 0) is 14.6 Å². The minimum atomic E-state index is -2.87. The fraction of sp³-hybridized carbons (Fsp3) is 0.909. The van der Waals surface area contributed by atoms with Crippen LogP contribution in [0.15, 0.2) is 0 Å². The highest BCUT2D eigenvalue weighted by Crippen LogP contribution is 2.21. The van der Waals surface area contributed by atoms with Gasteiger partial charge < -0.3 is 10.2 Å². The Balaban J connectivity index is 1.75. The lowest BCUT2D eigenvalue weighted by Gasteiger charge is -2.14. The number of likely N-dealkylation sites (tertiary alicyclic amines) is 1. The molecule has 2 rings (SSSR count). The Bertz CT molecular complexity index is 394. The van der Waals surface area contributed by atoms with Crippen LogP contribution >= 0.6 is 0 Å². The molecule has 1 N–H and O–H groups in total. The molecule has 98 valence electrons. The van der Waals surface area contributed by atoms with E-state index in [1.165, 1.54) is 0 Å². The summed E-state index contributed by atoms with van der Waals surface area (Å²) in [4.78, 5) is 13.9. The summed E-state index contributed by atoms with van der Waals surface area (Å²) in [5.41, 5.74) is 0. The number of rotatable bonds is 3. The Morgan fingerprint density at radius 2 is 2.18 bits per heavy atom. The predicted octanol–water partition coefficient (Wildman–Crippen LogP) is -0.368. The van der Waals surface area contributed by atoms with Crippen molar-refractivity contribution in [2.45, 2.75) is 25.3 Å². The summed E-state index contributed by atoms with van der Waals surface area (Å²) in [5.74, 6) is 0.466. The molecule has 0 saturated carbocycles. The second kappa shape index (κ2) is 4.94. The molecule has 17 heavy (non-hydrogen) atoms. The van der Waals surface area contributed by atoms with Crippen molar-refractivity contribution in [1.82, 2.24) is 10.2 Å². The van der Waals surface area contributed by atoms with Crippen LogP contribution in [0.1, 0.15) is 19.3 Å². The minimum Gasteiger partial charge on any atom is -0.352 e. The first-order chi connectivity index (χ1) is 7.94. The van der Waals surface area contributed by atoms with Gasteiger partial charge in [-0.2, -0.15) is 0 Å². The molecular weight excluding hydrogens is 240 g/mol. The number of carbonyl (C=O) groups excluding carboxylic acids is 1. The number of hydrogen-bond acceptors (Lipinski definition) is 4. The maximum atomic E-state index is 11.7. The molecule has 0 aromatic rings. The Morgan fingerprint density at radius 3 is 2.71 bits per heavy atom. The summed E-state index contributed by atoms with van der Waals surface area (Å²) in [6.45, 7) is 1.91. The molecule has 5 nitrogen and oxygen atoms in total. The fourth-order valence-corrected chi connectivity index (χ4v) is 4.50. The van der Waals surface area contributed by atoms with Crippen LogP contribution in [0.25, 0.3) is 0 Å². The van der Waals surface area contributed by atoms with E-state index in [4.69, 9.17) is 0 Å². The van der Waals surface area contributed by atoms with Gasteiger partial charge in [0.25, 0.3) is 0 Å². The smallest absolute Gasteiger partial charge is 0.220 e. The zero-order chi connectivity index (χ0) is 12.5. The normalized spacial score (nSPS) is 32.8. The van der Waals surface area contributed by atoms with Crippen LogP contribution in [0.5, 0.6) is 0 Å². The average Bonchev–Trinajstić information content (AvgIpc) is 2.73. The van der Waals surface area contributed by atoms with Gasteiger partial charge in [-0.25, -0.2) is 8.42 Å². The van der Waals surface area contributed by atoms with Crippen LogP contribution < -0.4 is 5.32 Å². The number of carbonyl (C=O) groups is 1. The van der Waals surface area contributed by atoms with Crippen molar-refractivity contribution < 1.29 is 13.2 Å². The summed E-state index contributed by atoms with van der Waals surface area (Å²) >= 11 is 0. The molecule has 6 heteroatoms. The highest BCUT2D eigenvalue weighted by Gasteiger charge is 2.30. The van der Waals surface area contributed by atoms with Crippen LogP contribution in [0.4, 0.5) is 0 Å². The van der Waals surface area contributed by atoms with E-state index in [2.05, 4.69) is 10.2 Å². The number of nitrogens with one attached hydrogen (secondary N) is 1. The van der Waals surface area contributed by atoms with Gasteiger partial charge in [-0.05, 0) is 32.4 Å². The Kier molecular flexibility index (Phi) is 3.73. The van der Waals surface area contributed by atoms with E-state index in [0.29, 0.717) is 12.8 Å². The van der Waals surface area contributed by atoms with Crippen molar-refractivity contribution in [3.05, 3.63) is 0 Å². The molecule has 0 spiro atoms. The Hall–Kier alpha value is -0.620. The van der Waals surface area contributed by atoms with Crippen molar-refractivity contribution >= 4 is 15.7 Å². The summed E-state index contributed by atoms with van der Waals surface area (Å²) in [6.07, 6.45) is 1.99. The first-order valence-corrected chi connectivity index (χ1v) is 7.95. The van der Waals surface area contributed by atoms with Gasteiger partial charge in [0.1, 0.15) is 0 Å². The molecule has 2 aliphatic heterocycles. The zero-order valence-corrected chi connectivity index (χ0v) is 11.0. The van der Waals surface area contributed by atoms with Crippen LogP contribution in [0, 0.1) is 5.92 Å². The quantitative estimate of drug-likeness (QED) is 0.752. The van der Waals surface area contributed by atoms with Crippen LogP contribution in [0.2, 0.25) is 0 Å². The second-order valence-electron chi connectivity index (χ2n) is 5.29. The molecule has 0 bridgehead atoms. The van der Waals surface area contributed by atoms with Crippen molar-refractivity contribution in [2.24, 2.45) is 5.92 Å². The maximum absolute atomic E-state index is 11.7. The monoisotopic (exact) mass is 260 g/mol. The number of likely N-dealkylation sites (N-methyl/N-ethyl adjacent to an activating group) is 1. The summed E-state index contributed by atoms with van der Waals surface area (Å²) < 4.78 is 22.5. The Labute approximate surface area is 102 Å². The minimum absolute atomic E-state index is 0.00685. The maximum Gasteiger partial charge on any atom is 0.220 e. The van der Waals surface area contributed by atoms with Crippen molar-refractivity contribution in [1.29, 1.82) is 0 Å². The lowest BCUT2D eigenvalue weighted by Crippen LogP contribution is -2.37. The number of amides is 1. The molecule has 0 aliphatic carbocycles. The van der Waals surface area contributed by atoms with Gasteiger partial charge in [-0.15, -0.1) is 0 Å². The van der Waals surface area contributed by atoms with Gasteiger partial charge in [0, 0.05) is 19.0 Å². The lowest BCUT2D eigenvalue weighted by molar-refractivity contribution is -0.122. The van der Waals surface area contributed by atoms with Crippen molar-refractivity contribution in [3.8, 4) is 0 Å². The molecule has 2 heterocycles. The molecule has 0 radical (unpaired) electrons. The number of nitrogens with zero attached hydrogens (tertiary/aromatic N) is 1. The number of hydrogen-bond donors (Lipinski definition) is 1. The molecule has 2 saturated heterocycles. The molecule has 0 aromatic carbocycles. The zero-order valence-electron chi connectivity index (χ0n) is 10.2. The summed E-state index contributed by atoms with van der Waals surface area (Å²) in [5, 5.41) is 2.99. The third kappa shape index (κ3) is 3.67. The fourth-order valence-electron chi connectivity index (χ4n) is 2.63. The Morgan fingerprint density at radius 1 is 1.41 bits per heavy atom. The van der Waals surface area contributed by atoms with E-state index >= 15 is 0 Å². The standard InChI is InChI=1S/C11H20N2O3S/c1-13-4-2-10(7-13)12-11(14)6-9-3-5-17(15,16)8-9/h9-10H,2-8H2,1H3,(H,12,14). The third-order valence-corrected chi connectivity index (χ3v) is 5.39. The molecular formula is C11H20N2O3S. The van der Waals surface area contributed by atoms with Gasteiger partial charge in [0.2, 0.25) is 5.91 Å². The first-order valence-electron chi connectivity index (χ1n) is 6.13. The van der Waals surface area contributed by atoms with E-state index in [0.717, 1.165) is 19.5 Å². The van der Waals surface area contributed by atoms with E-state index in [1.54, 1.807) is 0 Å². The van der Waals surface area contributed by atoms with E-state index < -0.39 is 9.84 Å². The summed E-state index contributed by atoms with van der Waals surface area (Å²) in [7, 11) is -0.828. The summed E-state index contributed by atoms with van der Waals surface area (Å²) in [6, 6.07) is 0.241. The molecule has 0 aromatic heterocycles. The molecule has 2 fully saturated rings. The topological polar surface area (TPSA) is 66.5 Å². The van der Waals surface area contributed by atoms with Gasteiger partial charge >= 0.3 is 0 Å². The molecule has 2 unspecified atom stereocenters.